The van der Waals surface area contributed by atoms with E-state index >= 15 is 0 Å². The summed E-state index contributed by atoms with van der Waals surface area (Å²) in [6, 6.07) is 3.99. The summed E-state index contributed by atoms with van der Waals surface area (Å²) < 4.78 is 26.3. The second kappa shape index (κ2) is 7.56. The van der Waals surface area contributed by atoms with Crippen molar-refractivity contribution < 1.29 is 13.6 Å². The Labute approximate surface area is 130 Å². The van der Waals surface area contributed by atoms with Crippen molar-refractivity contribution in [2.45, 2.75) is 33.1 Å². The van der Waals surface area contributed by atoms with Gasteiger partial charge in [-0.15, -0.1) is 0 Å². The van der Waals surface area contributed by atoms with E-state index < -0.39 is 11.6 Å². The molecule has 2 atom stereocenters. The maximum Gasteiger partial charge on any atom is 0.222 e. The first-order chi connectivity index (χ1) is 10.5. The predicted octanol–water partition coefficient (Wildman–Crippen LogP) is 3.34. The summed E-state index contributed by atoms with van der Waals surface area (Å²) in [7, 11) is 0. The van der Waals surface area contributed by atoms with Gasteiger partial charge in [0.2, 0.25) is 5.91 Å². The number of anilines is 1. The van der Waals surface area contributed by atoms with Gasteiger partial charge in [-0.3, -0.25) is 4.79 Å². The quantitative estimate of drug-likeness (QED) is 0.874. The first-order valence-corrected chi connectivity index (χ1v) is 7.99. The molecule has 1 saturated heterocycles. The molecule has 0 saturated carbocycles. The highest BCUT2D eigenvalue weighted by atomic mass is 19.2. The normalized spacial score (nSPS) is 19.3. The summed E-state index contributed by atoms with van der Waals surface area (Å²) in [6.07, 6.45) is 2.85. The zero-order chi connectivity index (χ0) is 16.1. The lowest BCUT2D eigenvalue weighted by Crippen LogP contribution is -2.34. The molecule has 1 fully saturated rings. The Morgan fingerprint density at radius 2 is 2.18 bits per heavy atom. The van der Waals surface area contributed by atoms with E-state index in [9.17, 15) is 13.6 Å². The first kappa shape index (κ1) is 16.7. The van der Waals surface area contributed by atoms with Crippen LogP contribution in [0.25, 0.3) is 0 Å². The van der Waals surface area contributed by atoms with E-state index in [0.717, 1.165) is 38.4 Å². The van der Waals surface area contributed by atoms with Crippen LogP contribution in [0.15, 0.2) is 18.2 Å². The van der Waals surface area contributed by atoms with Gasteiger partial charge in [-0.2, -0.15) is 0 Å². The van der Waals surface area contributed by atoms with Crippen LogP contribution < -0.4 is 10.2 Å². The van der Waals surface area contributed by atoms with Crippen LogP contribution in [-0.4, -0.2) is 25.5 Å². The Hall–Kier alpha value is -1.65. The van der Waals surface area contributed by atoms with Gasteiger partial charge in [0.05, 0.1) is 0 Å². The van der Waals surface area contributed by atoms with Crippen LogP contribution in [0.3, 0.4) is 0 Å². The average molecular weight is 310 g/mol. The van der Waals surface area contributed by atoms with E-state index in [4.69, 9.17) is 0 Å². The van der Waals surface area contributed by atoms with Crippen molar-refractivity contribution in [1.29, 1.82) is 0 Å². The van der Waals surface area contributed by atoms with Crippen molar-refractivity contribution in [3.8, 4) is 0 Å². The van der Waals surface area contributed by atoms with Crippen LogP contribution in [0, 0.1) is 23.5 Å². The SMILES string of the molecule is CCC[C@H](C)C(=O)NC[C@H]1CCN(c2ccc(F)c(F)c2)C1. The number of benzene rings is 1. The van der Waals surface area contributed by atoms with Crippen LogP contribution in [0.4, 0.5) is 14.5 Å². The highest BCUT2D eigenvalue weighted by Gasteiger charge is 2.24. The molecule has 1 amide bonds. The van der Waals surface area contributed by atoms with Gasteiger partial charge >= 0.3 is 0 Å². The summed E-state index contributed by atoms with van der Waals surface area (Å²) in [5, 5.41) is 3.00. The molecule has 1 aromatic carbocycles. The van der Waals surface area contributed by atoms with Crippen LogP contribution in [-0.2, 0) is 4.79 Å². The number of carbonyl (C=O) groups is 1. The maximum absolute atomic E-state index is 13.3. The molecule has 3 nitrogen and oxygen atoms in total. The molecule has 0 unspecified atom stereocenters. The summed E-state index contributed by atoms with van der Waals surface area (Å²) in [5.74, 6) is -1.13. The van der Waals surface area contributed by atoms with E-state index in [1.54, 1.807) is 6.07 Å². The Morgan fingerprint density at radius 1 is 1.41 bits per heavy atom. The Balaban J connectivity index is 1.82. The molecule has 2 rings (SSSR count). The average Bonchev–Trinajstić information content (AvgIpc) is 2.96. The molecule has 0 aromatic heterocycles. The molecule has 0 spiro atoms. The van der Waals surface area contributed by atoms with Gasteiger partial charge in [-0.1, -0.05) is 20.3 Å². The van der Waals surface area contributed by atoms with Crippen molar-refractivity contribution in [3.05, 3.63) is 29.8 Å². The molecular weight excluding hydrogens is 286 g/mol. The Bertz CT molecular complexity index is 521. The van der Waals surface area contributed by atoms with Crippen molar-refractivity contribution in [2.24, 2.45) is 11.8 Å². The van der Waals surface area contributed by atoms with Crippen LogP contribution in [0.2, 0.25) is 0 Å². The highest BCUT2D eigenvalue weighted by Crippen LogP contribution is 2.25. The second-order valence-corrected chi connectivity index (χ2v) is 6.13. The van der Waals surface area contributed by atoms with Gasteiger partial charge in [-0.25, -0.2) is 8.78 Å². The second-order valence-electron chi connectivity index (χ2n) is 6.13. The molecular formula is C17H24F2N2O. The largest absolute Gasteiger partial charge is 0.371 e. The molecule has 1 aliphatic rings. The molecule has 1 aliphatic heterocycles. The standard InChI is InChI=1S/C17H24F2N2O/c1-3-4-12(2)17(22)20-10-13-7-8-21(11-13)14-5-6-15(18)16(19)9-14/h5-6,9,12-13H,3-4,7-8,10-11H2,1-2H3,(H,20,22)/t12-,13+/m0/s1. The van der Waals surface area contributed by atoms with Gasteiger partial charge in [0.15, 0.2) is 11.6 Å². The fourth-order valence-corrected chi connectivity index (χ4v) is 2.90. The fraction of sp³-hybridized carbons (Fsp3) is 0.588. The predicted molar refractivity (Wildman–Crippen MR) is 83.8 cm³/mol. The number of hydrogen-bond donors (Lipinski definition) is 1. The minimum atomic E-state index is -0.823. The number of amides is 1. The molecule has 22 heavy (non-hydrogen) atoms. The molecule has 1 heterocycles. The van der Waals surface area contributed by atoms with E-state index in [1.165, 1.54) is 6.07 Å². The fourth-order valence-electron chi connectivity index (χ4n) is 2.90. The topological polar surface area (TPSA) is 32.3 Å². The zero-order valence-corrected chi connectivity index (χ0v) is 13.2. The number of nitrogens with zero attached hydrogens (tertiary/aromatic N) is 1. The molecule has 122 valence electrons. The number of halogens is 2. The first-order valence-electron chi connectivity index (χ1n) is 7.99. The number of carbonyl (C=O) groups excluding carboxylic acids is 1. The summed E-state index contributed by atoms with van der Waals surface area (Å²) in [6.45, 7) is 6.22. The van der Waals surface area contributed by atoms with Crippen LogP contribution in [0.5, 0.6) is 0 Å². The van der Waals surface area contributed by atoms with Gasteiger partial charge in [-0.05, 0) is 30.9 Å². The molecule has 0 radical (unpaired) electrons. The third kappa shape index (κ3) is 4.18. The van der Waals surface area contributed by atoms with Crippen molar-refractivity contribution >= 4 is 11.6 Å². The summed E-state index contributed by atoms with van der Waals surface area (Å²) in [4.78, 5) is 13.9. The highest BCUT2D eigenvalue weighted by molar-refractivity contribution is 5.78. The van der Waals surface area contributed by atoms with Crippen molar-refractivity contribution in [1.82, 2.24) is 5.32 Å². The van der Waals surface area contributed by atoms with E-state index in [1.807, 2.05) is 11.8 Å². The van der Waals surface area contributed by atoms with Crippen molar-refractivity contribution in [2.75, 3.05) is 24.5 Å². The molecule has 5 heteroatoms. The Morgan fingerprint density at radius 3 is 2.86 bits per heavy atom. The van der Waals surface area contributed by atoms with Gasteiger partial charge in [0.25, 0.3) is 0 Å². The smallest absolute Gasteiger partial charge is 0.222 e. The summed E-state index contributed by atoms with van der Waals surface area (Å²) >= 11 is 0. The Kier molecular flexibility index (Phi) is 5.75. The lowest BCUT2D eigenvalue weighted by Gasteiger charge is -2.19. The van der Waals surface area contributed by atoms with Crippen LogP contribution >= 0.6 is 0 Å². The van der Waals surface area contributed by atoms with E-state index in [0.29, 0.717) is 18.2 Å². The molecule has 1 N–H and O–H groups in total. The van der Waals surface area contributed by atoms with Gasteiger partial charge in [0, 0.05) is 37.3 Å². The lowest BCUT2D eigenvalue weighted by molar-refractivity contribution is -0.124. The van der Waals surface area contributed by atoms with Gasteiger partial charge < -0.3 is 10.2 Å². The third-order valence-electron chi connectivity index (χ3n) is 4.29. The molecule has 0 aliphatic carbocycles. The summed E-state index contributed by atoms with van der Waals surface area (Å²) in [5.41, 5.74) is 0.701. The monoisotopic (exact) mass is 310 g/mol. The lowest BCUT2D eigenvalue weighted by atomic mass is 10.0. The van der Waals surface area contributed by atoms with Crippen molar-refractivity contribution in [3.63, 3.8) is 0 Å². The zero-order valence-electron chi connectivity index (χ0n) is 13.2. The minimum Gasteiger partial charge on any atom is -0.371 e. The van der Waals surface area contributed by atoms with E-state index in [2.05, 4.69) is 12.2 Å². The number of nitrogens with one attached hydrogen (secondary N) is 1. The maximum atomic E-state index is 13.3. The molecule has 0 bridgehead atoms. The van der Waals surface area contributed by atoms with Gasteiger partial charge in [0.1, 0.15) is 0 Å². The number of rotatable bonds is 6. The third-order valence-corrected chi connectivity index (χ3v) is 4.29. The minimum absolute atomic E-state index is 0.0497. The number of hydrogen-bond acceptors (Lipinski definition) is 2. The van der Waals surface area contributed by atoms with Crippen LogP contribution in [0.1, 0.15) is 33.1 Å². The van der Waals surface area contributed by atoms with E-state index in [-0.39, 0.29) is 11.8 Å². The molecule has 1 aromatic rings.